The van der Waals surface area contributed by atoms with Crippen molar-refractivity contribution in [2.75, 3.05) is 13.1 Å². The smallest absolute Gasteiger partial charge is 0.0319 e. The number of hydrogen-bond donors (Lipinski definition) is 0. The molecule has 17 heavy (non-hydrogen) atoms. The van der Waals surface area contributed by atoms with Crippen molar-refractivity contribution in [3.05, 3.63) is 35.9 Å². The molecule has 0 saturated carbocycles. The minimum atomic E-state index is 0.543. The molecule has 1 atom stereocenters. The number of hydrogen-bond acceptors (Lipinski definition) is 1. The second-order valence-corrected chi connectivity index (χ2v) is 4.42. The largest absolute Gasteiger partial charge is 0.297 e. The third-order valence-electron chi connectivity index (χ3n) is 2.75. The predicted octanol–water partition coefficient (Wildman–Crippen LogP) is 4.90. The van der Waals surface area contributed by atoms with Gasteiger partial charge >= 0.3 is 0 Å². The minimum absolute atomic E-state index is 0.543. The third-order valence-corrected chi connectivity index (χ3v) is 2.75. The van der Waals surface area contributed by atoms with Crippen LogP contribution >= 0.6 is 0 Å². The van der Waals surface area contributed by atoms with Crippen molar-refractivity contribution in [2.24, 2.45) is 0 Å². The van der Waals surface area contributed by atoms with Crippen molar-refractivity contribution in [3.63, 3.8) is 0 Å². The van der Waals surface area contributed by atoms with E-state index in [1.165, 1.54) is 24.9 Å². The quantitative estimate of drug-likeness (QED) is 0.702. The fourth-order valence-corrected chi connectivity index (χ4v) is 1.86. The summed E-state index contributed by atoms with van der Waals surface area (Å²) in [5, 5.41) is 0. The second kappa shape index (κ2) is 10.3. The van der Waals surface area contributed by atoms with Crippen LogP contribution < -0.4 is 0 Å². The molecule has 0 aliphatic carbocycles. The zero-order valence-corrected chi connectivity index (χ0v) is 12.2. The summed E-state index contributed by atoms with van der Waals surface area (Å²) in [5.74, 6) is 0. The van der Waals surface area contributed by atoms with E-state index in [1.807, 2.05) is 0 Å². The molecule has 0 saturated heterocycles. The molecule has 0 aromatic heterocycles. The summed E-state index contributed by atoms with van der Waals surface area (Å²) in [4.78, 5) is 2.51. The van der Waals surface area contributed by atoms with Crippen molar-refractivity contribution in [2.45, 2.75) is 53.5 Å². The number of benzene rings is 1. The van der Waals surface area contributed by atoms with Gasteiger partial charge in [-0.15, -0.1) is 0 Å². The molecule has 98 valence electrons. The predicted molar refractivity (Wildman–Crippen MR) is 78.4 cm³/mol. The fraction of sp³-hybridized carbons (Fsp3) is 0.625. The molecule has 0 heterocycles. The maximum absolute atomic E-state index is 2.51. The van der Waals surface area contributed by atoms with Crippen LogP contribution in [0.2, 0.25) is 0 Å². The Bertz CT molecular complexity index is 255. The van der Waals surface area contributed by atoms with Gasteiger partial charge in [-0.2, -0.15) is 0 Å². The van der Waals surface area contributed by atoms with Gasteiger partial charge in [0.1, 0.15) is 0 Å². The van der Waals surface area contributed by atoms with Crippen molar-refractivity contribution < 1.29 is 0 Å². The van der Waals surface area contributed by atoms with E-state index >= 15 is 0 Å². The van der Waals surface area contributed by atoms with Crippen LogP contribution in [0.1, 0.15) is 59.1 Å². The Morgan fingerprint density at radius 3 is 1.94 bits per heavy atom. The highest BCUT2D eigenvalue weighted by Crippen LogP contribution is 2.19. The number of rotatable bonds is 5. The lowest BCUT2D eigenvalue weighted by molar-refractivity contribution is 0.222. The lowest BCUT2D eigenvalue weighted by Gasteiger charge is -2.27. The molecule has 0 radical (unpaired) electrons. The lowest BCUT2D eigenvalue weighted by Crippen LogP contribution is -2.27. The molecule has 0 aliphatic rings. The van der Waals surface area contributed by atoms with E-state index in [0.717, 1.165) is 6.54 Å². The van der Waals surface area contributed by atoms with Crippen LogP contribution in [0.15, 0.2) is 30.3 Å². The Labute approximate surface area is 108 Å². The van der Waals surface area contributed by atoms with Gasteiger partial charge in [-0.25, -0.2) is 0 Å². The monoisotopic (exact) mass is 235 g/mol. The highest BCUT2D eigenvalue weighted by atomic mass is 15.1. The van der Waals surface area contributed by atoms with E-state index in [4.69, 9.17) is 0 Å². The first-order valence-electron chi connectivity index (χ1n) is 7.00. The standard InChI is InChI=1S/C13H21N.C3H8/c1-4-11-14(5-2)12(3)13-9-7-6-8-10-13;1-3-2/h6-10,12H,4-5,11H2,1-3H3;3H2,1-2H3. The van der Waals surface area contributed by atoms with Crippen molar-refractivity contribution in [1.82, 2.24) is 4.90 Å². The van der Waals surface area contributed by atoms with E-state index in [2.05, 4.69) is 69.9 Å². The van der Waals surface area contributed by atoms with Crippen LogP contribution in [0, 0.1) is 0 Å². The van der Waals surface area contributed by atoms with Crippen LogP contribution in [-0.2, 0) is 0 Å². The lowest BCUT2D eigenvalue weighted by atomic mass is 10.1. The van der Waals surface area contributed by atoms with Gasteiger partial charge in [-0.05, 0) is 32.0 Å². The maximum Gasteiger partial charge on any atom is 0.0319 e. The van der Waals surface area contributed by atoms with E-state index in [1.54, 1.807) is 0 Å². The first-order chi connectivity index (χ1) is 8.21. The SMILES string of the molecule is CCC.CCCN(CC)C(C)c1ccccc1. The summed E-state index contributed by atoms with van der Waals surface area (Å²) in [5.41, 5.74) is 1.42. The molecular weight excluding hydrogens is 206 g/mol. The Balaban J connectivity index is 0.000000770. The Morgan fingerprint density at radius 1 is 1.00 bits per heavy atom. The van der Waals surface area contributed by atoms with Crippen LogP contribution in [0.25, 0.3) is 0 Å². The zero-order valence-electron chi connectivity index (χ0n) is 12.2. The van der Waals surface area contributed by atoms with Gasteiger partial charge < -0.3 is 0 Å². The third kappa shape index (κ3) is 6.48. The Kier molecular flexibility index (Phi) is 9.84. The average molecular weight is 235 g/mol. The van der Waals surface area contributed by atoms with Crippen molar-refractivity contribution in [3.8, 4) is 0 Å². The molecule has 1 rings (SSSR count). The summed E-state index contributed by atoms with van der Waals surface area (Å²) >= 11 is 0. The molecule has 1 heteroatoms. The topological polar surface area (TPSA) is 3.24 Å². The van der Waals surface area contributed by atoms with Gasteiger partial charge in [0.25, 0.3) is 0 Å². The minimum Gasteiger partial charge on any atom is -0.297 e. The van der Waals surface area contributed by atoms with Gasteiger partial charge in [-0.1, -0.05) is 64.4 Å². The van der Waals surface area contributed by atoms with Gasteiger partial charge in [0.05, 0.1) is 0 Å². The maximum atomic E-state index is 2.51. The van der Waals surface area contributed by atoms with Crippen molar-refractivity contribution in [1.29, 1.82) is 0 Å². The van der Waals surface area contributed by atoms with Crippen LogP contribution in [0.3, 0.4) is 0 Å². The van der Waals surface area contributed by atoms with Crippen LogP contribution in [0.4, 0.5) is 0 Å². The Morgan fingerprint density at radius 2 is 1.53 bits per heavy atom. The molecule has 0 N–H and O–H groups in total. The summed E-state index contributed by atoms with van der Waals surface area (Å²) in [7, 11) is 0. The molecule has 1 unspecified atom stereocenters. The molecule has 1 nitrogen and oxygen atoms in total. The van der Waals surface area contributed by atoms with E-state index in [-0.39, 0.29) is 0 Å². The molecule has 1 aromatic carbocycles. The van der Waals surface area contributed by atoms with Crippen molar-refractivity contribution >= 4 is 0 Å². The molecular formula is C16H29N. The normalized spacial score (nSPS) is 11.9. The van der Waals surface area contributed by atoms with Gasteiger partial charge in [0.2, 0.25) is 0 Å². The first-order valence-corrected chi connectivity index (χ1v) is 7.00. The molecule has 1 aromatic rings. The van der Waals surface area contributed by atoms with E-state index in [0.29, 0.717) is 6.04 Å². The molecule has 0 bridgehead atoms. The number of nitrogens with zero attached hydrogens (tertiary/aromatic N) is 1. The second-order valence-electron chi connectivity index (χ2n) is 4.42. The van der Waals surface area contributed by atoms with Crippen LogP contribution in [-0.4, -0.2) is 18.0 Å². The van der Waals surface area contributed by atoms with Gasteiger partial charge in [-0.3, -0.25) is 4.90 Å². The first kappa shape index (κ1) is 16.2. The molecule has 0 amide bonds. The molecule has 0 fully saturated rings. The Hall–Kier alpha value is -0.820. The zero-order chi connectivity index (χ0) is 13.1. The highest BCUT2D eigenvalue weighted by molar-refractivity contribution is 5.18. The van der Waals surface area contributed by atoms with E-state index in [9.17, 15) is 0 Å². The summed E-state index contributed by atoms with van der Waals surface area (Å²) in [6.45, 7) is 13.3. The summed E-state index contributed by atoms with van der Waals surface area (Å²) in [6, 6.07) is 11.3. The average Bonchev–Trinajstić information content (AvgIpc) is 2.37. The van der Waals surface area contributed by atoms with Gasteiger partial charge in [0.15, 0.2) is 0 Å². The van der Waals surface area contributed by atoms with Gasteiger partial charge in [0, 0.05) is 6.04 Å². The fourth-order valence-electron chi connectivity index (χ4n) is 1.86. The molecule has 0 spiro atoms. The summed E-state index contributed by atoms with van der Waals surface area (Å²) < 4.78 is 0. The molecule has 0 aliphatic heterocycles. The van der Waals surface area contributed by atoms with Crippen LogP contribution in [0.5, 0.6) is 0 Å². The van der Waals surface area contributed by atoms with E-state index < -0.39 is 0 Å². The summed E-state index contributed by atoms with van der Waals surface area (Å²) in [6.07, 6.45) is 2.48. The highest BCUT2D eigenvalue weighted by Gasteiger charge is 2.11.